The van der Waals surface area contributed by atoms with Crippen molar-refractivity contribution in [1.82, 2.24) is 0 Å². The molecule has 0 unspecified atom stereocenters. The quantitative estimate of drug-likeness (QED) is 0.210. The van der Waals surface area contributed by atoms with Crippen molar-refractivity contribution < 1.29 is 4.79 Å². The van der Waals surface area contributed by atoms with Crippen molar-refractivity contribution >= 4 is 13.9 Å². The third kappa shape index (κ3) is 5.35. The number of rotatable bonds is 6. The lowest BCUT2D eigenvalue weighted by atomic mass is 9.92. The molecule has 0 amide bonds. The first-order valence-electron chi connectivity index (χ1n) is 10.4. The van der Waals surface area contributed by atoms with E-state index in [1.807, 2.05) is 13.0 Å². The fourth-order valence-electron chi connectivity index (χ4n) is 4.47. The number of carbonyl (C=O) groups is 1. The van der Waals surface area contributed by atoms with Crippen LogP contribution in [0.2, 0.25) is 16.6 Å². The first kappa shape index (κ1) is 22.7. The van der Waals surface area contributed by atoms with Gasteiger partial charge in [-0.3, -0.25) is 4.79 Å². The van der Waals surface area contributed by atoms with Crippen LogP contribution in [0.5, 0.6) is 0 Å². The standard InChI is InChI=1S/C24H38OSi/c1-9-22(21(8)25)14-15-23-12-10-11-13-24(23)16-17-26(18(2)3,19(4)5)20(6)7/h15,18-20H,9-13H2,1-8H3. The molecule has 0 atom stereocenters. The second-order valence-corrected chi connectivity index (χ2v) is 14.1. The highest BCUT2D eigenvalue weighted by molar-refractivity contribution is 6.90. The van der Waals surface area contributed by atoms with Gasteiger partial charge in [-0.25, -0.2) is 0 Å². The number of hydrogen-bond acceptors (Lipinski definition) is 1. The lowest BCUT2D eigenvalue weighted by Gasteiger charge is -2.38. The second kappa shape index (κ2) is 10.1. The van der Waals surface area contributed by atoms with Gasteiger partial charge >= 0.3 is 0 Å². The molecule has 144 valence electrons. The molecule has 0 aromatic carbocycles. The first-order chi connectivity index (χ1) is 12.2. The molecule has 26 heavy (non-hydrogen) atoms. The molecule has 0 aliphatic heterocycles. The van der Waals surface area contributed by atoms with E-state index in [4.69, 9.17) is 0 Å². The predicted molar refractivity (Wildman–Crippen MR) is 117 cm³/mol. The summed E-state index contributed by atoms with van der Waals surface area (Å²) in [5, 5.41) is 0. The Morgan fingerprint density at radius 2 is 1.58 bits per heavy atom. The molecule has 0 radical (unpaired) electrons. The third-order valence-electron chi connectivity index (χ3n) is 6.01. The Hall–Kier alpha value is -1.29. The fraction of sp³-hybridized carbons (Fsp3) is 0.667. The van der Waals surface area contributed by atoms with Crippen LogP contribution in [0, 0.1) is 11.5 Å². The Balaban J connectivity index is 3.42. The largest absolute Gasteiger partial charge is 0.294 e. The van der Waals surface area contributed by atoms with E-state index in [1.54, 1.807) is 6.92 Å². The average Bonchev–Trinajstić information content (AvgIpc) is 2.55. The van der Waals surface area contributed by atoms with Gasteiger partial charge in [0, 0.05) is 11.1 Å². The van der Waals surface area contributed by atoms with E-state index in [1.165, 1.54) is 24.0 Å². The lowest BCUT2D eigenvalue weighted by Crippen LogP contribution is -2.43. The molecule has 1 aliphatic rings. The highest BCUT2D eigenvalue weighted by atomic mass is 28.3. The lowest BCUT2D eigenvalue weighted by molar-refractivity contribution is -0.113. The van der Waals surface area contributed by atoms with Gasteiger partial charge in [0.25, 0.3) is 0 Å². The van der Waals surface area contributed by atoms with Crippen molar-refractivity contribution in [2.75, 3.05) is 0 Å². The molecule has 0 heterocycles. The van der Waals surface area contributed by atoms with E-state index in [9.17, 15) is 4.79 Å². The zero-order valence-electron chi connectivity index (χ0n) is 18.3. The molecule has 0 N–H and O–H groups in total. The van der Waals surface area contributed by atoms with Gasteiger partial charge in [0.15, 0.2) is 5.78 Å². The van der Waals surface area contributed by atoms with Crippen LogP contribution in [0.3, 0.4) is 0 Å². The van der Waals surface area contributed by atoms with Gasteiger partial charge in [-0.05, 0) is 67.3 Å². The van der Waals surface area contributed by atoms with E-state index >= 15 is 0 Å². The minimum Gasteiger partial charge on any atom is -0.294 e. The molecule has 0 fully saturated rings. The summed E-state index contributed by atoms with van der Waals surface area (Å²) < 4.78 is 0. The maximum absolute atomic E-state index is 11.7. The fourth-order valence-corrected chi connectivity index (χ4v) is 9.71. The maximum atomic E-state index is 11.7. The van der Waals surface area contributed by atoms with Crippen molar-refractivity contribution in [2.45, 2.75) is 104 Å². The molecular weight excluding hydrogens is 332 g/mol. The molecule has 1 aliphatic carbocycles. The van der Waals surface area contributed by atoms with Crippen molar-refractivity contribution in [1.29, 1.82) is 0 Å². The number of Topliss-reactive ketones (excluding diaryl/α,β-unsaturated/α-hetero) is 1. The number of hydrogen-bond donors (Lipinski definition) is 0. The van der Waals surface area contributed by atoms with Gasteiger partial charge in [0.05, 0.1) is 0 Å². The molecule has 1 nitrogen and oxygen atoms in total. The zero-order chi connectivity index (χ0) is 19.9. The summed E-state index contributed by atoms with van der Waals surface area (Å²) >= 11 is 0. The summed E-state index contributed by atoms with van der Waals surface area (Å²) in [5.74, 6) is 3.78. The van der Waals surface area contributed by atoms with Gasteiger partial charge in [0.1, 0.15) is 8.07 Å². The summed E-state index contributed by atoms with van der Waals surface area (Å²) in [6.45, 7) is 17.8. The number of allylic oxidation sites excluding steroid dienone is 3. The molecule has 0 spiro atoms. The van der Waals surface area contributed by atoms with Crippen LogP contribution in [-0.4, -0.2) is 13.9 Å². The predicted octanol–water partition coefficient (Wildman–Crippen LogP) is 7.16. The minimum absolute atomic E-state index is 0.124. The third-order valence-corrected chi connectivity index (χ3v) is 12.3. The van der Waals surface area contributed by atoms with Gasteiger partial charge in [-0.2, -0.15) is 0 Å². The van der Waals surface area contributed by atoms with Crippen molar-refractivity contribution in [3.63, 3.8) is 0 Å². The van der Waals surface area contributed by atoms with Gasteiger partial charge in [-0.15, -0.1) is 11.3 Å². The Morgan fingerprint density at radius 1 is 1.04 bits per heavy atom. The minimum atomic E-state index is -1.70. The summed E-state index contributed by atoms with van der Waals surface area (Å²) in [6.07, 6.45) is 7.35. The molecular formula is C24H38OSi. The van der Waals surface area contributed by atoms with Gasteiger partial charge in [-0.1, -0.05) is 54.4 Å². The van der Waals surface area contributed by atoms with Crippen LogP contribution in [0.15, 0.2) is 28.5 Å². The Labute approximate surface area is 163 Å². The van der Waals surface area contributed by atoms with Crippen LogP contribution in [0.1, 0.15) is 87.5 Å². The Morgan fingerprint density at radius 3 is 2.04 bits per heavy atom. The van der Waals surface area contributed by atoms with Crippen LogP contribution in [0.4, 0.5) is 0 Å². The summed E-state index contributed by atoms with van der Waals surface area (Å²) in [5.41, 5.74) is 12.5. The highest BCUT2D eigenvalue weighted by Gasteiger charge is 2.41. The summed E-state index contributed by atoms with van der Waals surface area (Å²) in [7, 11) is -1.70. The summed E-state index contributed by atoms with van der Waals surface area (Å²) in [6, 6.07) is 0. The van der Waals surface area contributed by atoms with Crippen LogP contribution in [0.25, 0.3) is 0 Å². The first-order valence-corrected chi connectivity index (χ1v) is 12.6. The molecule has 0 saturated heterocycles. The summed E-state index contributed by atoms with van der Waals surface area (Å²) in [4.78, 5) is 11.7. The van der Waals surface area contributed by atoms with E-state index in [0.717, 1.165) is 24.8 Å². The Kier molecular flexibility index (Phi) is 8.88. The molecule has 2 heteroatoms. The normalized spacial score (nSPS) is 15.0. The molecule has 0 saturated carbocycles. The van der Waals surface area contributed by atoms with E-state index in [-0.39, 0.29) is 5.78 Å². The van der Waals surface area contributed by atoms with E-state index in [2.05, 4.69) is 58.7 Å². The van der Waals surface area contributed by atoms with Gasteiger partial charge in [0.2, 0.25) is 0 Å². The molecule has 0 bridgehead atoms. The van der Waals surface area contributed by atoms with Crippen molar-refractivity contribution in [3.05, 3.63) is 28.5 Å². The molecule has 0 aromatic rings. The average molecular weight is 371 g/mol. The topological polar surface area (TPSA) is 17.1 Å². The second-order valence-electron chi connectivity index (χ2n) is 8.53. The molecule has 0 aromatic heterocycles. The smallest absolute Gasteiger partial charge is 0.163 e. The number of carbonyl (C=O) groups excluding carboxylic acids is 1. The van der Waals surface area contributed by atoms with Crippen LogP contribution >= 0.6 is 0 Å². The van der Waals surface area contributed by atoms with Gasteiger partial charge < -0.3 is 0 Å². The van der Waals surface area contributed by atoms with Crippen molar-refractivity contribution in [2.24, 2.45) is 0 Å². The van der Waals surface area contributed by atoms with Crippen LogP contribution in [-0.2, 0) is 4.79 Å². The zero-order valence-corrected chi connectivity index (χ0v) is 19.3. The monoisotopic (exact) mass is 370 g/mol. The van der Waals surface area contributed by atoms with Crippen LogP contribution < -0.4 is 0 Å². The van der Waals surface area contributed by atoms with Crippen molar-refractivity contribution in [3.8, 4) is 11.5 Å². The SMILES string of the molecule is CCC(=C=CC1=C(C#C[Si](C(C)C)(C(C)C)C(C)C)CCCC1)C(C)=O. The Bertz CT molecular complexity index is 636. The molecule has 1 rings (SSSR count). The highest BCUT2D eigenvalue weighted by Crippen LogP contribution is 2.41. The van der Waals surface area contributed by atoms with E-state index < -0.39 is 8.07 Å². The number of ketones is 1. The maximum Gasteiger partial charge on any atom is 0.163 e. The van der Waals surface area contributed by atoms with E-state index in [0.29, 0.717) is 16.6 Å².